The Hall–Kier alpha value is -1.78. The first kappa shape index (κ1) is 17.1. The monoisotopic (exact) mass is 403 g/mol. The number of nitrogen functional groups attached to an aromatic ring is 1. The van der Waals surface area contributed by atoms with Crippen molar-refractivity contribution >= 4 is 56.4 Å². The van der Waals surface area contributed by atoms with Gasteiger partial charge in [-0.2, -0.15) is 0 Å². The van der Waals surface area contributed by atoms with Crippen LogP contribution in [-0.4, -0.2) is 11.5 Å². The molecule has 0 saturated heterocycles. The molecule has 3 aromatic rings. The Morgan fingerprint density at radius 3 is 2.79 bits per heavy atom. The Labute approximate surface area is 156 Å². The van der Waals surface area contributed by atoms with Gasteiger partial charge in [0.15, 0.2) is 0 Å². The largest absolute Gasteiger partial charge is 0.398 e. The van der Waals surface area contributed by atoms with E-state index in [0.717, 1.165) is 46.3 Å². The zero-order chi connectivity index (χ0) is 16.0. The smallest absolute Gasteiger partial charge is 0.139 e. The first-order chi connectivity index (χ1) is 11.2. The minimum absolute atomic E-state index is 0. The maximum Gasteiger partial charge on any atom is 0.139 e. The Bertz CT molecular complexity index is 910. The molecule has 2 heterocycles. The van der Waals surface area contributed by atoms with E-state index < -0.39 is 0 Å². The number of nitrogens with two attached hydrogens (primary N) is 1. The lowest BCUT2D eigenvalue weighted by atomic mass is 10.1. The van der Waals surface area contributed by atoms with Crippen molar-refractivity contribution in [3.8, 4) is 0 Å². The summed E-state index contributed by atoms with van der Waals surface area (Å²) in [6.45, 7) is 3.12. The van der Waals surface area contributed by atoms with Crippen LogP contribution in [0.4, 0.5) is 17.2 Å². The van der Waals surface area contributed by atoms with Crippen molar-refractivity contribution < 1.29 is 0 Å². The average molecular weight is 405 g/mol. The second kappa shape index (κ2) is 6.61. The van der Waals surface area contributed by atoms with Crippen molar-refractivity contribution in [3.05, 3.63) is 58.1 Å². The molecule has 1 aliphatic rings. The molecule has 5 heteroatoms. The molecule has 1 aliphatic heterocycles. The summed E-state index contributed by atoms with van der Waals surface area (Å²) in [5, 5.41) is 1.03. The van der Waals surface area contributed by atoms with Crippen molar-refractivity contribution in [3.63, 3.8) is 0 Å². The van der Waals surface area contributed by atoms with Crippen molar-refractivity contribution in [1.29, 1.82) is 0 Å². The van der Waals surface area contributed by atoms with E-state index in [-0.39, 0.29) is 12.4 Å². The van der Waals surface area contributed by atoms with Crippen LogP contribution in [0.15, 0.2) is 46.9 Å². The number of benzene rings is 2. The molecule has 0 aliphatic carbocycles. The summed E-state index contributed by atoms with van der Waals surface area (Å²) >= 11 is 3.52. The predicted octanol–water partition coefficient (Wildman–Crippen LogP) is 5.26. The van der Waals surface area contributed by atoms with Crippen LogP contribution >= 0.6 is 28.3 Å². The fourth-order valence-electron chi connectivity index (χ4n) is 3.39. The van der Waals surface area contributed by atoms with Gasteiger partial charge in [0.05, 0.1) is 5.52 Å². The summed E-state index contributed by atoms with van der Waals surface area (Å²) in [5.74, 6) is 1.01. The third-order valence-corrected chi connectivity index (χ3v) is 5.07. The summed E-state index contributed by atoms with van der Waals surface area (Å²) in [5.41, 5.74) is 12.0. The van der Waals surface area contributed by atoms with Crippen LogP contribution in [-0.2, 0) is 12.8 Å². The first-order valence-electron chi connectivity index (χ1n) is 7.92. The van der Waals surface area contributed by atoms with Gasteiger partial charge >= 0.3 is 0 Å². The maximum atomic E-state index is 6.46. The molecule has 0 amide bonds. The molecule has 2 N–H and O–H groups in total. The SMILES string of the molecule is CCc1ccccc1N1CCc2c1nc1ccc(Br)cc1c2N.Cl. The van der Waals surface area contributed by atoms with E-state index in [1.807, 2.05) is 12.1 Å². The van der Waals surface area contributed by atoms with E-state index in [9.17, 15) is 0 Å². The topological polar surface area (TPSA) is 42.2 Å². The molecule has 1 aromatic heterocycles. The highest BCUT2D eigenvalue weighted by Crippen LogP contribution is 2.40. The highest BCUT2D eigenvalue weighted by atomic mass is 79.9. The fraction of sp³-hybridized carbons (Fsp3) is 0.211. The average Bonchev–Trinajstić information content (AvgIpc) is 2.99. The van der Waals surface area contributed by atoms with Crippen LogP contribution in [0.5, 0.6) is 0 Å². The number of para-hydroxylation sites is 1. The van der Waals surface area contributed by atoms with Gasteiger partial charge in [0.1, 0.15) is 5.82 Å². The van der Waals surface area contributed by atoms with E-state index in [0.29, 0.717) is 0 Å². The van der Waals surface area contributed by atoms with Crippen LogP contribution in [0.2, 0.25) is 0 Å². The molecule has 4 rings (SSSR count). The van der Waals surface area contributed by atoms with Gasteiger partial charge in [0.25, 0.3) is 0 Å². The van der Waals surface area contributed by atoms with Gasteiger partial charge < -0.3 is 10.6 Å². The van der Waals surface area contributed by atoms with Crippen molar-refractivity contribution in [1.82, 2.24) is 4.98 Å². The summed E-state index contributed by atoms with van der Waals surface area (Å²) in [4.78, 5) is 7.23. The molecule has 3 nitrogen and oxygen atoms in total. The summed E-state index contributed by atoms with van der Waals surface area (Å²) in [7, 11) is 0. The van der Waals surface area contributed by atoms with Gasteiger partial charge in [-0.15, -0.1) is 12.4 Å². The number of hydrogen-bond acceptors (Lipinski definition) is 3. The van der Waals surface area contributed by atoms with E-state index in [1.165, 1.54) is 16.8 Å². The van der Waals surface area contributed by atoms with Crippen LogP contribution < -0.4 is 10.6 Å². The number of aryl methyl sites for hydroxylation is 1. The Kier molecular flexibility index (Phi) is 4.70. The molecule has 24 heavy (non-hydrogen) atoms. The highest BCUT2D eigenvalue weighted by Gasteiger charge is 2.26. The molecule has 124 valence electrons. The number of fused-ring (bicyclic) bond motifs is 2. The number of rotatable bonds is 2. The Morgan fingerprint density at radius 1 is 1.21 bits per heavy atom. The van der Waals surface area contributed by atoms with Gasteiger partial charge in [0, 0.05) is 33.3 Å². The molecule has 0 bridgehead atoms. The predicted molar refractivity (Wildman–Crippen MR) is 108 cm³/mol. The maximum absolute atomic E-state index is 6.46. The van der Waals surface area contributed by atoms with E-state index in [1.54, 1.807) is 0 Å². The van der Waals surface area contributed by atoms with Crippen LogP contribution in [0.1, 0.15) is 18.1 Å². The van der Waals surface area contributed by atoms with Gasteiger partial charge in [0.2, 0.25) is 0 Å². The van der Waals surface area contributed by atoms with Crippen molar-refractivity contribution in [2.24, 2.45) is 0 Å². The second-order valence-electron chi connectivity index (χ2n) is 5.87. The van der Waals surface area contributed by atoms with E-state index >= 15 is 0 Å². The third-order valence-electron chi connectivity index (χ3n) is 4.57. The molecule has 2 aromatic carbocycles. The molecule has 0 spiro atoms. The summed E-state index contributed by atoms with van der Waals surface area (Å²) in [6.07, 6.45) is 1.95. The molecule has 0 atom stereocenters. The minimum atomic E-state index is 0. The third kappa shape index (κ3) is 2.64. The second-order valence-corrected chi connectivity index (χ2v) is 6.79. The van der Waals surface area contributed by atoms with Crippen LogP contribution in [0.25, 0.3) is 10.9 Å². The number of hydrogen-bond donors (Lipinski definition) is 1. The van der Waals surface area contributed by atoms with Crippen molar-refractivity contribution in [2.75, 3.05) is 17.2 Å². The van der Waals surface area contributed by atoms with Gasteiger partial charge in [-0.3, -0.25) is 0 Å². The standard InChI is InChI=1S/C19H18BrN3.ClH/c1-2-12-5-3-4-6-17(12)23-10-9-14-18(21)15-11-13(20)7-8-16(15)22-19(14)23;/h3-8,11H,2,9-10H2,1H3,(H2,21,22);1H. The minimum Gasteiger partial charge on any atom is -0.398 e. The fourth-order valence-corrected chi connectivity index (χ4v) is 3.75. The molecule has 0 fully saturated rings. The Morgan fingerprint density at radius 2 is 2.00 bits per heavy atom. The summed E-state index contributed by atoms with van der Waals surface area (Å²) in [6, 6.07) is 14.7. The zero-order valence-electron chi connectivity index (χ0n) is 13.4. The first-order valence-corrected chi connectivity index (χ1v) is 8.71. The molecule has 0 unspecified atom stereocenters. The van der Waals surface area contributed by atoms with E-state index in [4.69, 9.17) is 10.7 Å². The molecule has 0 radical (unpaired) electrons. The lowest BCUT2D eigenvalue weighted by molar-refractivity contribution is 0.974. The highest BCUT2D eigenvalue weighted by molar-refractivity contribution is 9.10. The lowest BCUT2D eigenvalue weighted by Gasteiger charge is -2.22. The number of halogens is 2. The van der Waals surface area contributed by atoms with Gasteiger partial charge in [-0.05, 0) is 42.7 Å². The molecular weight excluding hydrogens is 386 g/mol. The summed E-state index contributed by atoms with van der Waals surface area (Å²) < 4.78 is 1.03. The number of anilines is 3. The van der Waals surface area contributed by atoms with Crippen LogP contribution in [0.3, 0.4) is 0 Å². The van der Waals surface area contributed by atoms with Gasteiger partial charge in [-0.1, -0.05) is 41.1 Å². The number of pyridine rings is 1. The normalized spacial score (nSPS) is 13.0. The molecular formula is C19H19BrClN3. The van der Waals surface area contributed by atoms with Crippen molar-refractivity contribution in [2.45, 2.75) is 19.8 Å². The number of aromatic nitrogens is 1. The zero-order valence-corrected chi connectivity index (χ0v) is 15.8. The van der Waals surface area contributed by atoms with Crippen LogP contribution in [0, 0.1) is 0 Å². The van der Waals surface area contributed by atoms with E-state index in [2.05, 4.69) is 58.1 Å². The number of nitrogens with zero attached hydrogens (tertiary/aromatic N) is 2. The van der Waals surface area contributed by atoms with Gasteiger partial charge in [-0.25, -0.2) is 4.98 Å². The lowest BCUT2D eigenvalue weighted by Crippen LogP contribution is -2.16. The molecule has 0 saturated carbocycles. The quantitative estimate of drug-likeness (QED) is 0.633. The Balaban J connectivity index is 0.00000169.